The molecule has 0 saturated carbocycles. The number of nitrogens with one attached hydrogen (secondary N) is 1. The molecule has 0 spiro atoms. The molecule has 3 rings (SSSR count). The van der Waals surface area contributed by atoms with Gasteiger partial charge >= 0.3 is 0 Å². The molecular weight excluding hydrogens is 286 g/mol. The maximum atomic E-state index is 4.67. The maximum Gasteiger partial charge on any atom is 0.125 e. The van der Waals surface area contributed by atoms with Gasteiger partial charge in [0.2, 0.25) is 0 Å². The topological polar surface area (TPSA) is 55.6 Å². The number of hydrogen-bond donors (Lipinski definition) is 1. The largest absolute Gasteiger partial charge is 0.306 e. The first kappa shape index (κ1) is 16.1. The van der Waals surface area contributed by atoms with Crippen LogP contribution in [0.1, 0.15) is 66.8 Å². The van der Waals surface area contributed by atoms with Crippen LogP contribution < -0.4 is 5.32 Å². The van der Waals surface area contributed by atoms with Crippen molar-refractivity contribution in [3.05, 3.63) is 40.2 Å². The van der Waals surface area contributed by atoms with Crippen LogP contribution >= 0.6 is 0 Å². The van der Waals surface area contributed by atoms with Crippen LogP contribution in [0.3, 0.4) is 0 Å². The zero-order valence-electron chi connectivity index (χ0n) is 14.7. The van der Waals surface area contributed by atoms with E-state index in [1.54, 1.807) is 0 Å². The van der Waals surface area contributed by atoms with E-state index < -0.39 is 0 Å². The van der Waals surface area contributed by atoms with Gasteiger partial charge < -0.3 is 5.32 Å². The SMILES string of the molecule is CCc1nn(C)c(CC)c1CN[C@@H]1CCCc2nc(C)ncc21. The molecule has 0 fully saturated rings. The number of nitrogens with zero attached hydrogens (tertiary/aromatic N) is 4. The van der Waals surface area contributed by atoms with E-state index in [1.807, 2.05) is 24.9 Å². The Kier molecular flexibility index (Phi) is 4.76. The first-order chi connectivity index (χ1) is 11.1. The van der Waals surface area contributed by atoms with Crippen molar-refractivity contribution in [3.8, 4) is 0 Å². The summed E-state index contributed by atoms with van der Waals surface area (Å²) in [7, 11) is 2.05. The summed E-state index contributed by atoms with van der Waals surface area (Å²) in [6.07, 6.45) is 7.43. The van der Waals surface area contributed by atoms with E-state index in [4.69, 9.17) is 0 Å². The molecule has 1 atom stereocenters. The zero-order chi connectivity index (χ0) is 16.4. The monoisotopic (exact) mass is 313 g/mol. The van der Waals surface area contributed by atoms with Gasteiger partial charge in [-0.25, -0.2) is 9.97 Å². The standard InChI is InChI=1S/C18H27N5/c1-5-15-14(18(6-2)23(4)22-15)11-20-16-8-7-9-17-13(16)10-19-12(3)21-17/h10,16,20H,5-9,11H2,1-4H3/t16-/m1/s1. The summed E-state index contributed by atoms with van der Waals surface area (Å²) in [6.45, 7) is 7.22. The summed E-state index contributed by atoms with van der Waals surface area (Å²) in [5.74, 6) is 0.873. The second kappa shape index (κ2) is 6.79. The molecular formula is C18H27N5. The number of aromatic nitrogens is 4. The van der Waals surface area contributed by atoms with Gasteiger partial charge in [-0.05, 0) is 39.0 Å². The number of fused-ring (bicyclic) bond motifs is 1. The molecule has 23 heavy (non-hydrogen) atoms. The summed E-state index contributed by atoms with van der Waals surface area (Å²) in [4.78, 5) is 9.02. The van der Waals surface area contributed by atoms with E-state index in [1.165, 1.54) is 34.6 Å². The Morgan fingerprint density at radius 1 is 1.30 bits per heavy atom. The van der Waals surface area contributed by atoms with Crippen LogP contribution in [0.25, 0.3) is 0 Å². The highest BCUT2D eigenvalue weighted by atomic mass is 15.3. The van der Waals surface area contributed by atoms with Crippen molar-refractivity contribution in [2.45, 2.75) is 65.5 Å². The molecule has 0 bridgehead atoms. The van der Waals surface area contributed by atoms with Crippen molar-refractivity contribution in [2.75, 3.05) is 0 Å². The van der Waals surface area contributed by atoms with E-state index in [9.17, 15) is 0 Å². The fourth-order valence-electron chi connectivity index (χ4n) is 3.68. The molecule has 1 aliphatic rings. The predicted molar refractivity (Wildman–Crippen MR) is 91.3 cm³/mol. The minimum atomic E-state index is 0.356. The third-order valence-corrected chi connectivity index (χ3v) is 4.86. The first-order valence-corrected chi connectivity index (χ1v) is 8.73. The maximum absolute atomic E-state index is 4.67. The predicted octanol–water partition coefficient (Wildman–Crippen LogP) is 2.81. The van der Waals surface area contributed by atoms with Crippen LogP contribution in [-0.2, 0) is 32.9 Å². The van der Waals surface area contributed by atoms with Crippen molar-refractivity contribution in [1.29, 1.82) is 0 Å². The molecule has 124 valence electrons. The van der Waals surface area contributed by atoms with E-state index >= 15 is 0 Å². The average molecular weight is 313 g/mol. The minimum absolute atomic E-state index is 0.356. The molecule has 5 heteroatoms. The van der Waals surface area contributed by atoms with Crippen molar-refractivity contribution < 1.29 is 0 Å². The molecule has 0 unspecified atom stereocenters. The lowest BCUT2D eigenvalue weighted by Gasteiger charge is -2.25. The fourth-order valence-corrected chi connectivity index (χ4v) is 3.68. The Bertz CT molecular complexity index is 689. The third-order valence-electron chi connectivity index (χ3n) is 4.86. The van der Waals surface area contributed by atoms with Crippen molar-refractivity contribution in [3.63, 3.8) is 0 Å². The van der Waals surface area contributed by atoms with Gasteiger partial charge in [-0.1, -0.05) is 13.8 Å². The molecule has 0 amide bonds. The Labute approximate surface area is 138 Å². The molecule has 0 saturated heterocycles. The Balaban J connectivity index is 1.80. The lowest BCUT2D eigenvalue weighted by atomic mass is 9.92. The van der Waals surface area contributed by atoms with Gasteiger partial charge in [0.25, 0.3) is 0 Å². The van der Waals surface area contributed by atoms with Crippen molar-refractivity contribution in [2.24, 2.45) is 7.05 Å². The minimum Gasteiger partial charge on any atom is -0.306 e. The van der Waals surface area contributed by atoms with Gasteiger partial charge in [-0.2, -0.15) is 5.10 Å². The van der Waals surface area contributed by atoms with Gasteiger partial charge in [-0.15, -0.1) is 0 Å². The molecule has 0 aromatic carbocycles. The fraction of sp³-hybridized carbons (Fsp3) is 0.611. The molecule has 2 aromatic heterocycles. The summed E-state index contributed by atoms with van der Waals surface area (Å²) < 4.78 is 2.04. The third kappa shape index (κ3) is 3.15. The molecule has 2 heterocycles. The van der Waals surface area contributed by atoms with Gasteiger partial charge in [0.05, 0.1) is 5.69 Å². The number of aryl methyl sites for hydroxylation is 4. The highest BCUT2D eigenvalue weighted by Crippen LogP contribution is 2.28. The Morgan fingerprint density at radius 3 is 2.87 bits per heavy atom. The van der Waals surface area contributed by atoms with Gasteiger partial charge in [0.15, 0.2) is 0 Å². The normalized spacial score (nSPS) is 17.3. The highest BCUT2D eigenvalue weighted by molar-refractivity contribution is 5.28. The van der Waals surface area contributed by atoms with Crippen molar-refractivity contribution >= 4 is 0 Å². The summed E-state index contributed by atoms with van der Waals surface area (Å²) in [5.41, 5.74) is 6.43. The van der Waals surface area contributed by atoms with E-state index in [-0.39, 0.29) is 0 Å². The average Bonchev–Trinajstić information content (AvgIpc) is 2.87. The molecule has 1 aliphatic carbocycles. The molecule has 0 radical (unpaired) electrons. The summed E-state index contributed by atoms with van der Waals surface area (Å²) in [6, 6.07) is 0.356. The van der Waals surface area contributed by atoms with Crippen molar-refractivity contribution in [1.82, 2.24) is 25.1 Å². The first-order valence-electron chi connectivity index (χ1n) is 8.73. The van der Waals surface area contributed by atoms with Crippen LogP contribution in [0, 0.1) is 6.92 Å². The van der Waals surface area contributed by atoms with Crippen LogP contribution in [0.2, 0.25) is 0 Å². The zero-order valence-corrected chi connectivity index (χ0v) is 14.7. The number of rotatable bonds is 5. The van der Waals surface area contributed by atoms with Gasteiger partial charge in [0.1, 0.15) is 5.82 Å². The van der Waals surface area contributed by atoms with Gasteiger partial charge in [-0.3, -0.25) is 4.68 Å². The van der Waals surface area contributed by atoms with Crippen LogP contribution in [0.15, 0.2) is 6.20 Å². The summed E-state index contributed by atoms with van der Waals surface area (Å²) >= 11 is 0. The molecule has 0 aliphatic heterocycles. The van der Waals surface area contributed by atoms with E-state index in [2.05, 4.69) is 34.2 Å². The summed E-state index contributed by atoms with van der Waals surface area (Å²) in [5, 5.41) is 8.41. The van der Waals surface area contributed by atoms with Crippen LogP contribution in [0.4, 0.5) is 0 Å². The van der Waals surface area contributed by atoms with E-state index in [0.717, 1.165) is 38.1 Å². The number of hydrogen-bond acceptors (Lipinski definition) is 4. The molecule has 5 nitrogen and oxygen atoms in total. The Morgan fingerprint density at radius 2 is 2.13 bits per heavy atom. The molecule has 2 aromatic rings. The lowest BCUT2D eigenvalue weighted by molar-refractivity contribution is 0.449. The highest BCUT2D eigenvalue weighted by Gasteiger charge is 2.22. The van der Waals surface area contributed by atoms with Crippen LogP contribution in [-0.4, -0.2) is 19.7 Å². The van der Waals surface area contributed by atoms with Gasteiger partial charge in [0, 0.05) is 48.3 Å². The quantitative estimate of drug-likeness (QED) is 0.922. The lowest BCUT2D eigenvalue weighted by Crippen LogP contribution is -2.26. The van der Waals surface area contributed by atoms with Crippen LogP contribution in [0.5, 0.6) is 0 Å². The smallest absolute Gasteiger partial charge is 0.125 e. The Hall–Kier alpha value is -1.75. The molecule has 1 N–H and O–H groups in total. The van der Waals surface area contributed by atoms with E-state index in [0.29, 0.717) is 6.04 Å². The second-order valence-corrected chi connectivity index (χ2v) is 6.35. The second-order valence-electron chi connectivity index (χ2n) is 6.35.